The Hall–Kier alpha value is -1.59. The van der Waals surface area contributed by atoms with Gasteiger partial charge in [0.15, 0.2) is 0 Å². The molecule has 0 aliphatic heterocycles. The third-order valence-electron chi connectivity index (χ3n) is 5.85. The van der Waals surface area contributed by atoms with Crippen molar-refractivity contribution in [2.45, 2.75) is 91.6 Å². The summed E-state index contributed by atoms with van der Waals surface area (Å²) in [7, 11) is 1.31. The van der Waals surface area contributed by atoms with Gasteiger partial charge in [-0.25, -0.2) is 4.79 Å². The lowest BCUT2D eigenvalue weighted by atomic mass is 9.79. The molecule has 0 saturated heterocycles. The maximum Gasteiger partial charge on any atom is 0.328 e. The summed E-state index contributed by atoms with van der Waals surface area (Å²) in [5.74, 6) is -0.296. The average Bonchev–Trinajstić information content (AvgIpc) is 2.67. The minimum Gasteiger partial charge on any atom is -0.467 e. The molecule has 1 rings (SSSR count). The van der Waals surface area contributed by atoms with Crippen molar-refractivity contribution >= 4 is 17.8 Å². The van der Waals surface area contributed by atoms with E-state index in [-0.39, 0.29) is 29.6 Å². The maximum absolute atomic E-state index is 12.8. The van der Waals surface area contributed by atoms with Crippen LogP contribution in [-0.2, 0) is 19.1 Å². The summed E-state index contributed by atoms with van der Waals surface area (Å²) in [5.41, 5.74) is 0. The molecule has 6 nitrogen and oxygen atoms in total. The molecule has 2 amide bonds. The number of unbranched alkanes of at least 4 members (excludes halogenated alkanes) is 1. The lowest BCUT2D eigenvalue weighted by Gasteiger charge is -2.30. The van der Waals surface area contributed by atoms with E-state index in [9.17, 15) is 14.4 Å². The fourth-order valence-corrected chi connectivity index (χ4v) is 3.88. The molecule has 2 atom stereocenters. The number of esters is 1. The van der Waals surface area contributed by atoms with Crippen molar-refractivity contribution < 1.29 is 19.1 Å². The molecular formula is C22H40N2O4. The van der Waals surface area contributed by atoms with E-state index in [1.54, 1.807) is 0 Å². The Balaban J connectivity index is 2.65. The monoisotopic (exact) mass is 396 g/mol. The zero-order valence-electron chi connectivity index (χ0n) is 18.5. The molecule has 162 valence electrons. The van der Waals surface area contributed by atoms with Gasteiger partial charge in [0, 0.05) is 5.92 Å². The molecule has 0 aromatic rings. The number of carbonyl (C=O) groups excluding carboxylic acids is 3. The molecule has 0 aromatic heterocycles. The van der Waals surface area contributed by atoms with Gasteiger partial charge in [-0.2, -0.15) is 0 Å². The van der Waals surface area contributed by atoms with Crippen molar-refractivity contribution in [3.8, 4) is 0 Å². The number of hydrogen-bond donors (Lipinski definition) is 2. The highest BCUT2D eigenvalue weighted by atomic mass is 16.5. The molecule has 0 bridgehead atoms. The van der Waals surface area contributed by atoms with Crippen LogP contribution in [0, 0.1) is 23.7 Å². The first-order valence-corrected chi connectivity index (χ1v) is 10.9. The molecule has 1 fully saturated rings. The van der Waals surface area contributed by atoms with E-state index in [2.05, 4.69) is 17.6 Å². The van der Waals surface area contributed by atoms with Gasteiger partial charge in [0.25, 0.3) is 0 Å². The molecule has 2 unspecified atom stereocenters. The predicted molar refractivity (Wildman–Crippen MR) is 111 cm³/mol. The quantitative estimate of drug-likeness (QED) is 0.554. The SMILES string of the molecule is CCCCC1CCC(C(=O)NC(C(=O)NC(C(=O)OC)C(C)C)C(C)C)CC1. The van der Waals surface area contributed by atoms with E-state index in [1.165, 1.54) is 26.4 Å². The van der Waals surface area contributed by atoms with Crippen LogP contribution in [0.4, 0.5) is 0 Å². The maximum atomic E-state index is 12.8. The highest BCUT2D eigenvalue weighted by Crippen LogP contribution is 2.32. The Labute approximate surface area is 170 Å². The molecular weight excluding hydrogens is 356 g/mol. The Morgan fingerprint density at radius 1 is 0.929 bits per heavy atom. The smallest absolute Gasteiger partial charge is 0.328 e. The van der Waals surface area contributed by atoms with Crippen molar-refractivity contribution in [3.63, 3.8) is 0 Å². The molecule has 6 heteroatoms. The van der Waals surface area contributed by atoms with Gasteiger partial charge in [-0.15, -0.1) is 0 Å². The second kappa shape index (κ2) is 12.1. The van der Waals surface area contributed by atoms with E-state index in [4.69, 9.17) is 4.74 Å². The van der Waals surface area contributed by atoms with E-state index < -0.39 is 18.1 Å². The van der Waals surface area contributed by atoms with Crippen LogP contribution in [0.25, 0.3) is 0 Å². The number of methoxy groups -OCH3 is 1. The van der Waals surface area contributed by atoms with Gasteiger partial charge in [-0.3, -0.25) is 9.59 Å². The van der Waals surface area contributed by atoms with Gasteiger partial charge in [0.1, 0.15) is 12.1 Å². The van der Waals surface area contributed by atoms with Gasteiger partial charge in [-0.05, 0) is 43.4 Å². The summed E-state index contributed by atoms with van der Waals surface area (Å²) in [5, 5.41) is 5.70. The number of nitrogens with one attached hydrogen (secondary N) is 2. The highest BCUT2D eigenvalue weighted by molar-refractivity contribution is 5.91. The molecule has 1 saturated carbocycles. The molecule has 28 heavy (non-hydrogen) atoms. The second-order valence-electron chi connectivity index (χ2n) is 8.84. The summed E-state index contributed by atoms with van der Waals surface area (Å²) in [6, 6.07) is -1.37. The largest absolute Gasteiger partial charge is 0.467 e. The van der Waals surface area contributed by atoms with Crippen LogP contribution in [0.3, 0.4) is 0 Å². The van der Waals surface area contributed by atoms with Crippen LogP contribution in [0.1, 0.15) is 79.6 Å². The Kier molecular flexibility index (Phi) is 10.5. The molecule has 0 spiro atoms. The molecule has 0 heterocycles. The van der Waals surface area contributed by atoms with E-state index in [0.717, 1.165) is 31.6 Å². The van der Waals surface area contributed by atoms with E-state index >= 15 is 0 Å². The zero-order chi connectivity index (χ0) is 21.3. The Morgan fingerprint density at radius 3 is 1.96 bits per heavy atom. The minimum absolute atomic E-state index is 0.0200. The number of hydrogen-bond acceptors (Lipinski definition) is 4. The number of ether oxygens (including phenoxy) is 1. The molecule has 0 aromatic carbocycles. The number of rotatable bonds is 10. The Bertz CT molecular complexity index is 511. The molecule has 1 aliphatic carbocycles. The number of carbonyl (C=O) groups is 3. The van der Waals surface area contributed by atoms with Crippen LogP contribution in [0.5, 0.6) is 0 Å². The minimum atomic E-state index is -0.718. The molecule has 1 aliphatic rings. The van der Waals surface area contributed by atoms with Gasteiger partial charge in [0.05, 0.1) is 7.11 Å². The molecule has 0 radical (unpaired) electrons. The fraction of sp³-hybridized carbons (Fsp3) is 0.864. The second-order valence-corrected chi connectivity index (χ2v) is 8.84. The van der Waals surface area contributed by atoms with Crippen LogP contribution in [0.2, 0.25) is 0 Å². The summed E-state index contributed by atoms with van der Waals surface area (Å²) in [6.45, 7) is 9.70. The summed E-state index contributed by atoms with van der Waals surface area (Å²) in [6.07, 6.45) is 7.70. The Morgan fingerprint density at radius 2 is 1.50 bits per heavy atom. The third-order valence-corrected chi connectivity index (χ3v) is 5.85. The predicted octanol–water partition coefficient (Wildman–Crippen LogP) is 3.44. The first-order valence-electron chi connectivity index (χ1n) is 10.9. The van der Waals surface area contributed by atoms with Gasteiger partial charge in [-0.1, -0.05) is 53.9 Å². The van der Waals surface area contributed by atoms with Crippen LogP contribution in [0.15, 0.2) is 0 Å². The first kappa shape index (κ1) is 24.4. The van der Waals surface area contributed by atoms with Crippen molar-refractivity contribution in [1.82, 2.24) is 10.6 Å². The van der Waals surface area contributed by atoms with Crippen molar-refractivity contribution in [3.05, 3.63) is 0 Å². The first-order chi connectivity index (χ1) is 13.2. The van der Waals surface area contributed by atoms with Gasteiger partial charge < -0.3 is 15.4 Å². The highest BCUT2D eigenvalue weighted by Gasteiger charge is 2.33. The summed E-state index contributed by atoms with van der Waals surface area (Å²) >= 11 is 0. The zero-order valence-corrected chi connectivity index (χ0v) is 18.5. The lowest BCUT2D eigenvalue weighted by Crippen LogP contribution is -2.56. The van der Waals surface area contributed by atoms with Crippen molar-refractivity contribution in [2.24, 2.45) is 23.7 Å². The van der Waals surface area contributed by atoms with Crippen molar-refractivity contribution in [2.75, 3.05) is 7.11 Å². The normalized spacial score (nSPS) is 21.9. The molecule has 2 N–H and O–H groups in total. The van der Waals surface area contributed by atoms with Gasteiger partial charge >= 0.3 is 5.97 Å². The topological polar surface area (TPSA) is 84.5 Å². The summed E-state index contributed by atoms with van der Waals surface area (Å²) in [4.78, 5) is 37.5. The number of amides is 2. The third kappa shape index (κ3) is 7.44. The summed E-state index contributed by atoms with van der Waals surface area (Å²) < 4.78 is 4.79. The lowest BCUT2D eigenvalue weighted by molar-refractivity contribution is -0.147. The van der Waals surface area contributed by atoms with Crippen molar-refractivity contribution in [1.29, 1.82) is 0 Å². The van der Waals surface area contributed by atoms with E-state index in [1.807, 2.05) is 27.7 Å². The van der Waals surface area contributed by atoms with Crippen LogP contribution >= 0.6 is 0 Å². The van der Waals surface area contributed by atoms with Gasteiger partial charge in [0.2, 0.25) is 11.8 Å². The average molecular weight is 397 g/mol. The van der Waals surface area contributed by atoms with E-state index in [0.29, 0.717) is 0 Å². The standard InChI is InChI=1S/C22H40N2O4/c1-7-8-9-16-10-12-17(13-11-16)20(25)23-18(14(2)3)21(26)24-19(15(4)5)22(27)28-6/h14-19H,7-13H2,1-6H3,(H,23,25)(H,24,26). The fourth-order valence-electron chi connectivity index (χ4n) is 3.88. The van der Waals surface area contributed by atoms with Crippen LogP contribution < -0.4 is 10.6 Å². The van der Waals surface area contributed by atoms with Crippen LogP contribution in [-0.4, -0.2) is 37.0 Å².